The Labute approximate surface area is 141 Å². The molecular weight excluding hydrogens is 308 g/mol. The van der Waals surface area contributed by atoms with Gasteiger partial charge in [-0.25, -0.2) is 0 Å². The van der Waals surface area contributed by atoms with Gasteiger partial charge in [0, 0.05) is 25.0 Å². The zero-order valence-corrected chi connectivity index (χ0v) is 14.9. The van der Waals surface area contributed by atoms with Gasteiger partial charge in [0.25, 0.3) is 0 Å². The van der Waals surface area contributed by atoms with Crippen LogP contribution in [0.25, 0.3) is 0 Å². The standard InChI is InChI=1S/C16H24N6O2/c1-10(13-9-22(16(3,4)5)20-11(13)2)18-14(23)15(24)19-12-7-17-21(6)8-12/h7-10H,1-6H3,(H,18,23)(H,19,24). The smallest absolute Gasteiger partial charge is 0.313 e. The molecule has 0 spiro atoms. The average molecular weight is 332 g/mol. The number of hydrogen-bond acceptors (Lipinski definition) is 4. The highest BCUT2D eigenvalue weighted by molar-refractivity contribution is 6.39. The van der Waals surface area contributed by atoms with E-state index in [1.165, 1.54) is 6.20 Å². The van der Waals surface area contributed by atoms with Crippen LogP contribution >= 0.6 is 0 Å². The number of anilines is 1. The van der Waals surface area contributed by atoms with Crippen LogP contribution in [0.5, 0.6) is 0 Å². The van der Waals surface area contributed by atoms with Crippen LogP contribution in [0, 0.1) is 6.92 Å². The third-order valence-corrected chi connectivity index (χ3v) is 3.61. The van der Waals surface area contributed by atoms with Crippen molar-refractivity contribution in [3.05, 3.63) is 29.8 Å². The summed E-state index contributed by atoms with van der Waals surface area (Å²) in [6.45, 7) is 9.86. The van der Waals surface area contributed by atoms with Crippen molar-refractivity contribution in [2.24, 2.45) is 7.05 Å². The summed E-state index contributed by atoms with van der Waals surface area (Å²) in [6.07, 6.45) is 5.00. The van der Waals surface area contributed by atoms with Gasteiger partial charge in [-0.1, -0.05) is 0 Å². The summed E-state index contributed by atoms with van der Waals surface area (Å²) in [4.78, 5) is 24.0. The van der Waals surface area contributed by atoms with Gasteiger partial charge in [-0.05, 0) is 34.6 Å². The Bertz CT molecular complexity index is 753. The molecule has 0 aliphatic heterocycles. The number of nitrogens with one attached hydrogen (secondary N) is 2. The molecule has 2 aromatic heterocycles. The highest BCUT2D eigenvalue weighted by Crippen LogP contribution is 2.21. The van der Waals surface area contributed by atoms with E-state index in [0.717, 1.165) is 11.3 Å². The second-order valence-electron chi connectivity index (χ2n) is 6.84. The van der Waals surface area contributed by atoms with Crippen molar-refractivity contribution in [3.63, 3.8) is 0 Å². The van der Waals surface area contributed by atoms with E-state index in [-0.39, 0.29) is 11.6 Å². The molecular formula is C16H24N6O2. The molecule has 0 radical (unpaired) electrons. The molecule has 2 amide bonds. The predicted molar refractivity (Wildman–Crippen MR) is 90.4 cm³/mol. The van der Waals surface area contributed by atoms with E-state index in [0.29, 0.717) is 5.69 Å². The molecule has 0 aliphatic carbocycles. The highest BCUT2D eigenvalue weighted by atomic mass is 16.2. The zero-order valence-electron chi connectivity index (χ0n) is 14.9. The van der Waals surface area contributed by atoms with Gasteiger partial charge in [0.2, 0.25) is 0 Å². The third-order valence-electron chi connectivity index (χ3n) is 3.61. The number of aryl methyl sites for hydroxylation is 2. The monoisotopic (exact) mass is 332 g/mol. The fourth-order valence-electron chi connectivity index (χ4n) is 2.26. The Morgan fingerprint density at radius 1 is 1.21 bits per heavy atom. The van der Waals surface area contributed by atoms with Gasteiger partial charge in [-0.2, -0.15) is 10.2 Å². The lowest BCUT2D eigenvalue weighted by atomic mass is 10.1. The van der Waals surface area contributed by atoms with E-state index in [1.54, 1.807) is 17.9 Å². The third kappa shape index (κ3) is 4.01. The van der Waals surface area contributed by atoms with Crippen molar-refractivity contribution >= 4 is 17.5 Å². The molecule has 2 heterocycles. The Kier molecular flexibility index (Phi) is 4.77. The van der Waals surface area contributed by atoms with E-state index >= 15 is 0 Å². The van der Waals surface area contributed by atoms with Crippen LogP contribution in [-0.2, 0) is 22.2 Å². The lowest BCUT2D eigenvalue weighted by Crippen LogP contribution is -2.37. The van der Waals surface area contributed by atoms with Crippen LogP contribution in [0.4, 0.5) is 5.69 Å². The van der Waals surface area contributed by atoms with Crippen LogP contribution in [0.2, 0.25) is 0 Å². The molecule has 2 N–H and O–H groups in total. The van der Waals surface area contributed by atoms with Gasteiger partial charge < -0.3 is 10.6 Å². The minimum atomic E-state index is -0.726. The molecule has 0 aliphatic rings. The number of carbonyl (C=O) groups excluding carboxylic acids is 2. The summed E-state index contributed by atoms with van der Waals surface area (Å²) >= 11 is 0. The number of nitrogens with zero attached hydrogens (tertiary/aromatic N) is 4. The van der Waals surface area contributed by atoms with Gasteiger partial charge in [-0.3, -0.25) is 19.0 Å². The largest absolute Gasteiger partial charge is 0.341 e. The van der Waals surface area contributed by atoms with Gasteiger partial charge >= 0.3 is 11.8 Å². The fraction of sp³-hybridized carbons (Fsp3) is 0.500. The average Bonchev–Trinajstić information content (AvgIpc) is 3.04. The van der Waals surface area contributed by atoms with E-state index < -0.39 is 11.8 Å². The molecule has 1 unspecified atom stereocenters. The van der Waals surface area contributed by atoms with Crippen LogP contribution in [0.3, 0.4) is 0 Å². The van der Waals surface area contributed by atoms with Gasteiger partial charge in [-0.15, -0.1) is 0 Å². The first-order valence-corrected chi connectivity index (χ1v) is 7.75. The van der Waals surface area contributed by atoms with Gasteiger partial charge in [0.15, 0.2) is 0 Å². The minimum Gasteiger partial charge on any atom is -0.341 e. The zero-order chi connectivity index (χ0) is 18.1. The highest BCUT2D eigenvalue weighted by Gasteiger charge is 2.22. The molecule has 2 rings (SSSR count). The van der Waals surface area contributed by atoms with E-state index in [4.69, 9.17) is 0 Å². The number of rotatable bonds is 3. The lowest BCUT2D eigenvalue weighted by molar-refractivity contribution is -0.136. The van der Waals surface area contributed by atoms with Crippen molar-refractivity contribution in [3.8, 4) is 0 Å². The Balaban J connectivity index is 2.03. The van der Waals surface area contributed by atoms with Crippen molar-refractivity contribution in [1.29, 1.82) is 0 Å². The van der Waals surface area contributed by atoms with Crippen LogP contribution in [-0.4, -0.2) is 31.4 Å². The van der Waals surface area contributed by atoms with Gasteiger partial charge in [0.1, 0.15) is 0 Å². The summed E-state index contributed by atoms with van der Waals surface area (Å²) in [6, 6.07) is -0.326. The fourth-order valence-corrected chi connectivity index (χ4v) is 2.26. The number of carbonyl (C=O) groups is 2. The van der Waals surface area contributed by atoms with E-state index in [9.17, 15) is 9.59 Å². The van der Waals surface area contributed by atoms with Crippen LogP contribution < -0.4 is 10.6 Å². The molecule has 8 heteroatoms. The second-order valence-corrected chi connectivity index (χ2v) is 6.84. The van der Waals surface area contributed by atoms with Gasteiger partial charge in [0.05, 0.1) is 29.2 Å². The first-order valence-electron chi connectivity index (χ1n) is 7.75. The minimum absolute atomic E-state index is 0.148. The quantitative estimate of drug-likeness (QED) is 0.833. The molecule has 130 valence electrons. The second kappa shape index (κ2) is 6.46. The summed E-state index contributed by atoms with van der Waals surface area (Å²) in [5, 5.41) is 13.6. The number of aromatic nitrogens is 4. The predicted octanol–water partition coefficient (Wildman–Crippen LogP) is 1.50. The molecule has 1 atom stereocenters. The van der Waals surface area contributed by atoms with E-state index in [1.807, 2.05) is 45.5 Å². The Hall–Kier alpha value is -2.64. The number of hydrogen-bond donors (Lipinski definition) is 2. The van der Waals surface area contributed by atoms with Crippen molar-refractivity contribution < 1.29 is 9.59 Å². The van der Waals surface area contributed by atoms with Crippen molar-refractivity contribution in [1.82, 2.24) is 24.9 Å². The van der Waals surface area contributed by atoms with Crippen molar-refractivity contribution in [2.45, 2.75) is 46.2 Å². The molecule has 0 saturated carbocycles. The lowest BCUT2D eigenvalue weighted by Gasteiger charge is -2.19. The first-order chi connectivity index (χ1) is 11.1. The Morgan fingerprint density at radius 3 is 2.38 bits per heavy atom. The molecule has 8 nitrogen and oxygen atoms in total. The number of amides is 2. The summed E-state index contributed by atoms with van der Waals surface area (Å²) in [5.74, 6) is -1.43. The maximum Gasteiger partial charge on any atom is 0.313 e. The normalized spacial score (nSPS) is 12.8. The SMILES string of the molecule is Cc1nn(C(C)(C)C)cc1C(C)NC(=O)C(=O)Nc1cnn(C)c1. The summed E-state index contributed by atoms with van der Waals surface area (Å²) in [5.41, 5.74) is 2.03. The maximum atomic E-state index is 12.1. The molecule has 0 saturated heterocycles. The van der Waals surface area contributed by atoms with Crippen molar-refractivity contribution in [2.75, 3.05) is 5.32 Å². The maximum absolute atomic E-state index is 12.1. The Morgan fingerprint density at radius 2 is 1.88 bits per heavy atom. The van der Waals surface area contributed by atoms with Crippen LogP contribution in [0.1, 0.15) is 45.0 Å². The summed E-state index contributed by atoms with van der Waals surface area (Å²) in [7, 11) is 1.73. The molecule has 2 aromatic rings. The molecule has 0 aromatic carbocycles. The first kappa shape index (κ1) is 17.7. The topological polar surface area (TPSA) is 93.8 Å². The summed E-state index contributed by atoms with van der Waals surface area (Å²) < 4.78 is 3.40. The molecule has 0 fully saturated rings. The van der Waals surface area contributed by atoms with E-state index in [2.05, 4.69) is 20.8 Å². The van der Waals surface area contributed by atoms with Crippen LogP contribution in [0.15, 0.2) is 18.6 Å². The molecule has 24 heavy (non-hydrogen) atoms. The molecule has 0 bridgehead atoms.